The molecular formula is C17H17FN2O4. The van der Waals surface area contributed by atoms with Gasteiger partial charge < -0.3 is 20.5 Å². The van der Waals surface area contributed by atoms with Crippen LogP contribution in [-0.4, -0.2) is 30.3 Å². The molecule has 0 fully saturated rings. The first-order valence-corrected chi connectivity index (χ1v) is 7.17. The van der Waals surface area contributed by atoms with E-state index < -0.39 is 23.9 Å². The summed E-state index contributed by atoms with van der Waals surface area (Å²) in [4.78, 5) is 23.3. The molecule has 0 bridgehead atoms. The van der Waals surface area contributed by atoms with Crippen molar-refractivity contribution in [1.29, 1.82) is 0 Å². The van der Waals surface area contributed by atoms with Crippen molar-refractivity contribution >= 4 is 17.7 Å². The number of urea groups is 1. The van der Waals surface area contributed by atoms with E-state index in [4.69, 9.17) is 4.74 Å². The SMILES string of the molecule is COc1ccc(NC(=O)NC(Cc2ccccc2)C(=O)O)cc1F. The summed E-state index contributed by atoms with van der Waals surface area (Å²) in [5.74, 6) is -1.74. The summed E-state index contributed by atoms with van der Waals surface area (Å²) < 4.78 is 18.4. The Bertz CT molecular complexity index is 722. The zero-order valence-corrected chi connectivity index (χ0v) is 13.0. The second kappa shape index (κ2) is 7.96. The Morgan fingerprint density at radius 3 is 2.50 bits per heavy atom. The number of carboxylic acids is 1. The third kappa shape index (κ3) is 4.70. The van der Waals surface area contributed by atoms with Crippen LogP contribution in [0, 0.1) is 5.82 Å². The van der Waals surface area contributed by atoms with Gasteiger partial charge in [-0.15, -0.1) is 0 Å². The molecule has 7 heteroatoms. The molecule has 0 aromatic heterocycles. The van der Waals surface area contributed by atoms with Gasteiger partial charge in [-0.2, -0.15) is 0 Å². The lowest BCUT2D eigenvalue weighted by Gasteiger charge is -2.15. The van der Waals surface area contributed by atoms with Crippen LogP contribution in [0.15, 0.2) is 48.5 Å². The number of carbonyl (C=O) groups excluding carboxylic acids is 1. The number of nitrogens with one attached hydrogen (secondary N) is 2. The number of hydrogen-bond acceptors (Lipinski definition) is 3. The van der Waals surface area contributed by atoms with Crippen molar-refractivity contribution < 1.29 is 23.8 Å². The number of halogens is 1. The number of benzene rings is 2. The highest BCUT2D eigenvalue weighted by molar-refractivity contribution is 5.92. The molecule has 2 aromatic rings. The number of amides is 2. The smallest absolute Gasteiger partial charge is 0.326 e. The lowest BCUT2D eigenvalue weighted by molar-refractivity contribution is -0.139. The first-order valence-electron chi connectivity index (χ1n) is 7.17. The van der Waals surface area contributed by atoms with Gasteiger partial charge in [0.2, 0.25) is 0 Å². The minimum Gasteiger partial charge on any atom is -0.494 e. The van der Waals surface area contributed by atoms with Crippen molar-refractivity contribution in [3.05, 3.63) is 59.9 Å². The van der Waals surface area contributed by atoms with Gasteiger partial charge in [-0.3, -0.25) is 0 Å². The van der Waals surface area contributed by atoms with E-state index in [2.05, 4.69) is 10.6 Å². The maximum absolute atomic E-state index is 13.6. The average molecular weight is 332 g/mol. The standard InChI is InChI=1S/C17H17FN2O4/c1-24-15-8-7-12(10-13(15)18)19-17(23)20-14(16(21)22)9-11-5-3-2-4-6-11/h2-8,10,14H,9H2,1H3,(H,21,22)(H2,19,20,23). The van der Waals surface area contributed by atoms with Gasteiger partial charge >= 0.3 is 12.0 Å². The highest BCUT2D eigenvalue weighted by Crippen LogP contribution is 2.20. The Kier molecular flexibility index (Phi) is 5.73. The highest BCUT2D eigenvalue weighted by Gasteiger charge is 2.20. The van der Waals surface area contributed by atoms with Crippen LogP contribution in [-0.2, 0) is 11.2 Å². The van der Waals surface area contributed by atoms with Gasteiger partial charge in [0.05, 0.1) is 7.11 Å². The monoisotopic (exact) mass is 332 g/mol. The van der Waals surface area contributed by atoms with Crippen molar-refractivity contribution in [2.75, 3.05) is 12.4 Å². The number of rotatable bonds is 6. The molecule has 3 N–H and O–H groups in total. The average Bonchev–Trinajstić information content (AvgIpc) is 2.55. The van der Waals surface area contributed by atoms with Crippen LogP contribution in [0.25, 0.3) is 0 Å². The van der Waals surface area contributed by atoms with Crippen LogP contribution in [0.4, 0.5) is 14.9 Å². The van der Waals surface area contributed by atoms with Gasteiger partial charge in [0, 0.05) is 18.2 Å². The molecular weight excluding hydrogens is 315 g/mol. The first-order chi connectivity index (χ1) is 11.5. The van der Waals surface area contributed by atoms with Gasteiger partial charge in [-0.1, -0.05) is 30.3 Å². The molecule has 6 nitrogen and oxygen atoms in total. The van der Waals surface area contributed by atoms with Gasteiger partial charge in [0.15, 0.2) is 11.6 Å². The predicted octanol–water partition coefficient (Wildman–Crippen LogP) is 2.65. The lowest BCUT2D eigenvalue weighted by atomic mass is 10.1. The normalized spacial score (nSPS) is 11.4. The molecule has 0 radical (unpaired) electrons. The third-order valence-electron chi connectivity index (χ3n) is 3.30. The van der Waals surface area contributed by atoms with E-state index in [-0.39, 0.29) is 17.9 Å². The molecule has 0 saturated carbocycles. The van der Waals surface area contributed by atoms with Crippen LogP contribution in [0.1, 0.15) is 5.56 Å². The third-order valence-corrected chi connectivity index (χ3v) is 3.30. The van der Waals surface area contributed by atoms with E-state index in [0.29, 0.717) is 0 Å². The van der Waals surface area contributed by atoms with Gasteiger partial charge in [-0.05, 0) is 17.7 Å². The topological polar surface area (TPSA) is 87.7 Å². The molecule has 1 atom stereocenters. The van der Waals surface area contributed by atoms with Gasteiger partial charge in [0.25, 0.3) is 0 Å². The van der Waals surface area contributed by atoms with Gasteiger partial charge in [-0.25, -0.2) is 14.0 Å². The van der Waals surface area contributed by atoms with Crippen LogP contribution in [0.5, 0.6) is 5.75 Å². The van der Waals surface area contributed by atoms with Crippen molar-refractivity contribution in [2.45, 2.75) is 12.5 Å². The molecule has 2 aromatic carbocycles. The number of methoxy groups -OCH3 is 1. The fourth-order valence-electron chi connectivity index (χ4n) is 2.12. The second-order valence-corrected chi connectivity index (χ2v) is 5.03. The zero-order valence-electron chi connectivity index (χ0n) is 13.0. The molecule has 2 rings (SSSR count). The number of aliphatic carboxylic acids is 1. The van der Waals surface area contributed by atoms with Crippen LogP contribution >= 0.6 is 0 Å². The van der Waals surface area contributed by atoms with Crippen molar-refractivity contribution in [1.82, 2.24) is 5.32 Å². The van der Waals surface area contributed by atoms with Crippen molar-refractivity contribution in [3.63, 3.8) is 0 Å². The van der Waals surface area contributed by atoms with Crippen LogP contribution in [0.2, 0.25) is 0 Å². The summed E-state index contributed by atoms with van der Waals surface area (Å²) in [6, 6.07) is 11.0. The largest absolute Gasteiger partial charge is 0.494 e. The van der Waals surface area contributed by atoms with Crippen molar-refractivity contribution in [2.24, 2.45) is 0 Å². The summed E-state index contributed by atoms with van der Waals surface area (Å²) in [6.45, 7) is 0. The Morgan fingerprint density at radius 1 is 1.21 bits per heavy atom. The van der Waals surface area contributed by atoms with E-state index in [9.17, 15) is 19.1 Å². The molecule has 2 amide bonds. The van der Waals surface area contributed by atoms with E-state index in [1.807, 2.05) is 6.07 Å². The Balaban J connectivity index is 2.00. The quantitative estimate of drug-likeness (QED) is 0.759. The molecule has 0 saturated heterocycles. The molecule has 126 valence electrons. The number of carboxylic acid groups (broad SMARTS) is 1. The van der Waals surface area contributed by atoms with Crippen LogP contribution in [0.3, 0.4) is 0 Å². The maximum atomic E-state index is 13.6. The molecule has 0 heterocycles. The molecule has 24 heavy (non-hydrogen) atoms. The van der Waals surface area contributed by atoms with Crippen molar-refractivity contribution in [3.8, 4) is 5.75 Å². The first kappa shape index (κ1) is 17.3. The van der Waals surface area contributed by atoms with E-state index in [1.54, 1.807) is 24.3 Å². The fourth-order valence-corrected chi connectivity index (χ4v) is 2.12. The van der Waals surface area contributed by atoms with E-state index in [1.165, 1.54) is 19.2 Å². The number of hydrogen-bond donors (Lipinski definition) is 3. The van der Waals surface area contributed by atoms with E-state index >= 15 is 0 Å². The minimum atomic E-state index is -1.16. The number of carbonyl (C=O) groups is 2. The number of anilines is 1. The summed E-state index contributed by atoms with van der Waals surface area (Å²) in [5.41, 5.74) is 0.968. The molecule has 0 aliphatic heterocycles. The Hall–Kier alpha value is -3.09. The lowest BCUT2D eigenvalue weighted by Crippen LogP contribution is -2.44. The molecule has 0 aliphatic rings. The molecule has 0 aliphatic carbocycles. The summed E-state index contributed by atoms with van der Waals surface area (Å²) in [6.07, 6.45) is 0.139. The molecule has 1 unspecified atom stereocenters. The minimum absolute atomic E-state index is 0.0495. The maximum Gasteiger partial charge on any atom is 0.326 e. The Labute approximate surface area is 138 Å². The van der Waals surface area contributed by atoms with E-state index in [0.717, 1.165) is 11.6 Å². The summed E-state index contributed by atoms with van der Waals surface area (Å²) >= 11 is 0. The fraction of sp³-hybridized carbons (Fsp3) is 0.176. The molecule has 0 spiro atoms. The predicted molar refractivity (Wildman–Crippen MR) is 86.7 cm³/mol. The highest BCUT2D eigenvalue weighted by atomic mass is 19.1. The summed E-state index contributed by atoms with van der Waals surface area (Å²) in [5, 5.41) is 14.0. The second-order valence-electron chi connectivity index (χ2n) is 5.03. The zero-order chi connectivity index (χ0) is 17.5. The van der Waals surface area contributed by atoms with Crippen LogP contribution < -0.4 is 15.4 Å². The Morgan fingerprint density at radius 2 is 1.92 bits per heavy atom. The summed E-state index contributed by atoms with van der Waals surface area (Å²) in [7, 11) is 1.33. The van der Waals surface area contributed by atoms with Gasteiger partial charge in [0.1, 0.15) is 6.04 Å². The number of ether oxygens (including phenoxy) is 1.